The first kappa shape index (κ1) is 12.7. The molecule has 0 saturated heterocycles. The molecule has 1 aromatic rings. The molecule has 0 unspecified atom stereocenters. The van der Waals surface area contributed by atoms with Crippen molar-refractivity contribution in [3.05, 3.63) is 19.8 Å². The summed E-state index contributed by atoms with van der Waals surface area (Å²) in [7, 11) is 0. The average Bonchev–Trinajstić information content (AvgIpc) is 2.23. The van der Waals surface area contributed by atoms with E-state index in [1.54, 1.807) is 0 Å². The fourth-order valence-electron chi connectivity index (χ4n) is 1.42. The minimum absolute atomic E-state index is 0.185. The Bertz CT molecular complexity index is 388. The summed E-state index contributed by atoms with van der Waals surface area (Å²) in [6.45, 7) is 8.34. The molecule has 1 rings (SSSR count). The molecule has 4 heteroatoms. The van der Waals surface area contributed by atoms with Crippen LogP contribution in [0.1, 0.15) is 41.6 Å². The van der Waals surface area contributed by atoms with Crippen LogP contribution in [0.5, 0.6) is 0 Å². The Balaban J connectivity index is 3.13. The highest BCUT2D eigenvalue weighted by Gasteiger charge is 2.22. The van der Waals surface area contributed by atoms with Crippen molar-refractivity contribution in [3.8, 4) is 0 Å². The Labute approximate surface area is 102 Å². The highest BCUT2D eigenvalue weighted by atomic mass is 79.9. The summed E-state index contributed by atoms with van der Waals surface area (Å²) in [4.78, 5) is 12.2. The molecular weight excluding hydrogens is 276 g/mol. The van der Waals surface area contributed by atoms with Crippen LogP contribution in [-0.4, -0.2) is 11.1 Å². The van der Waals surface area contributed by atoms with E-state index in [9.17, 15) is 4.79 Å². The minimum atomic E-state index is -0.851. The maximum atomic E-state index is 11.0. The maximum Gasteiger partial charge on any atom is 0.337 e. The van der Waals surface area contributed by atoms with Gasteiger partial charge in [0.25, 0.3) is 0 Å². The van der Waals surface area contributed by atoms with Crippen molar-refractivity contribution in [1.82, 2.24) is 0 Å². The molecule has 1 heterocycles. The fraction of sp³-hybridized carbons (Fsp3) is 0.545. The van der Waals surface area contributed by atoms with E-state index in [1.165, 1.54) is 11.3 Å². The number of thiophene rings is 1. The van der Waals surface area contributed by atoms with Crippen LogP contribution >= 0.6 is 27.3 Å². The second-order valence-electron chi connectivity index (χ2n) is 4.84. The second-order valence-corrected chi connectivity index (χ2v) is 7.26. The monoisotopic (exact) mass is 290 g/mol. The highest BCUT2D eigenvalue weighted by Crippen LogP contribution is 2.36. The molecule has 0 radical (unpaired) electrons. The van der Waals surface area contributed by atoms with Gasteiger partial charge in [-0.05, 0) is 40.3 Å². The largest absolute Gasteiger partial charge is 0.478 e. The van der Waals surface area contributed by atoms with E-state index in [2.05, 4.69) is 36.7 Å². The standard InChI is InChI=1S/C11H15BrO2S/c1-6-7(5-11(2,3)4)15-9(12)8(6)10(13)14/h5H2,1-4H3,(H,13,14). The fourth-order valence-corrected chi connectivity index (χ4v) is 3.79. The van der Waals surface area contributed by atoms with E-state index >= 15 is 0 Å². The lowest BCUT2D eigenvalue weighted by atomic mass is 9.90. The van der Waals surface area contributed by atoms with Crippen molar-refractivity contribution in [1.29, 1.82) is 0 Å². The van der Waals surface area contributed by atoms with Gasteiger partial charge in [0.05, 0.1) is 9.35 Å². The van der Waals surface area contributed by atoms with Gasteiger partial charge >= 0.3 is 5.97 Å². The number of aromatic carboxylic acids is 1. The van der Waals surface area contributed by atoms with E-state index in [0.29, 0.717) is 5.56 Å². The van der Waals surface area contributed by atoms with Crippen molar-refractivity contribution in [2.45, 2.75) is 34.1 Å². The summed E-state index contributed by atoms with van der Waals surface area (Å²) in [5.74, 6) is -0.851. The second kappa shape index (κ2) is 4.26. The van der Waals surface area contributed by atoms with Crippen LogP contribution in [0.3, 0.4) is 0 Å². The van der Waals surface area contributed by atoms with Crippen LogP contribution in [0.15, 0.2) is 3.79 Å². The summed E-state index contributed by atoms with van der Waals surface area (Å²) in [5, 5.41) is 9.03. The molecule has 0 atom stereocenters. The van der Waals surface area contributed by atoms with Gasteiger partial charge in [0.1, 0.15) is 0 Å². The number of halogens is 1. The van der Waals surface area contributed by atoms with Gasteiger partial charge in [0.2, 0.25) is 0 Å². The van der Waals surface area contributed by atoms with E-state index < -0.39 is 5.97 Å². The molecule has 0 saturated carbocycles. The van der Waals surface area contributed by atoms with Crippen LogP contribution in [0.25, 0.3) is 0 Å². The Morgan fingerprint density at radius 3 is 2.33 bits per heavy atom. The molecule has 84 valence electrons. The lowest BCUT2D eigenvalue weighted by Gasteiger charge is -2.17. The molecule has 0 aliphatic rings. The molecule has 0 amide bonds. The third kappa shape index (κ3) is 3.05. The molecule has 0 spiro atoms. The SMILES string of the molecule is Cc1c(CC(C)(C)C)sc(Br)c1C(=O)O. The van der Waals surface area contributed by atoms with Crippen molar-refractivity contribution in [2.24, 2.45) is 5.41 Å². The van der Waals surface area contributed by atoms with Crippen molar-refractivity contribution in [3.63, 3.8) is 0 Å². The van der Waals surface area contributed by atoms with Crippen LogP contribution in [0, 0.1) is 12.3 Å². The van der Waals surface area contributed by atoms with Crippen LogP contribution < -0.4 is 0 Å². The first-order valence-electron chi connectivity index (χ1n) is 4.73. The first-order chi connectivity index (χ1) is 6.72. The van der Waals surface area contributed by atoms with Gasteiger partial charge in [-0.3, -0.25) is 0 Å². The highest BCUT2D eigenvalue weighted by molar-refractivity contribution is 9.11. The quantitative estimate of drug-likeness (QED) is 0.890. The number of rotatable bonds is 2. The van der Waals surface area contributed by atoms with Gasteiger partial charge in [-0.2, -0.15) is 0 Å². The third-order valence-electron chi connectivity index (χ3n) is 2.11. The van der Waals surface area contributed by atoms with E-state index in [4.69, 9.17) is 5.11 Å². The van der Waals surface area contributed by atoms with Gasteiger partial charge in [-0.15, -0.1) is 11.3 Å². The Hall–Kier alpha value is -0.350. The number of hydrogen-bond acceptors (Lipinski definition) is 2. The molecule has 0 aliphatic carbocycles. The number of carbonyl (C=O) groups is 1. The van der Waals surface area contributed by atoms with Gasteiger partial charge < -0.3 is 5.11 Å². The molecule has 0 aromatic carbocycles. The third-order valence-corrected chi connectivity index (χ3v) is 4.07. The number of carboxylic acids is 1. The predicted molar refractivity (Wildman–Crippen MR) is 66.9 cm³/mol. The topological polar surface area (TPSA) is 37.3 Å². The molecule has 0 fully saturated rings. The van der Waals surface area contributed by atoms with Crippen LogP contribution in [0.4, 0.5) is 0 Å². The normalized spacial score (nSPS) is 11.8. The summed E-state index contributed by atoms with van der Waals surface area (Å²) >= 11 is 4.85. The predicted octanol–water partition coefficient (Wildman–Crippen LogP) is 4.11. The number of hydrogen-bond donors (Lipinski definition) is 1. The molecule has 2 nitrogen and oxygen atoms in total. The lowest BCUT2D eigenvalue weighted by molar-refractivity contribution is 0.0695. The molecule has 1 aromatic heterocycles. The van der Waals surface area contributed by atoms with Crippen LogP contribution in [0.2, 0.25) is 0 Å². The van der Waals surface area contributed by atoms with Crippen molar-refractivity contribution < 1.29 is 9.90 Å². The van der Waals surface area contributed by atoms with E-state index in [-0.39, 0.29) is 5.41 Å². The van der Waals surface area contributed by atoms with Crippen LogP contribution in [-0.2, 0) is 6.42 Å². The van der Waals surface area contributed by atoms with Gasteiger partial charge in [-0.25, -0.2) is 4.79 Å². The summed E-state index contributed by atoms with van der Waals surface area (Å²) in [6.07, 6.45) is 0.912. The van der Waals surface area contributed by atoms with E-state index in [1.807, 2.05) is 6.92 Å². The molecular formula is C11H15BrO2S. The van der Waals surface area contributed by atoms with Gasteiger partial charge in [0, 0.05) is 4.88 Å². The lowest BCUT2D eigenvalue weighted by Crippen LogP contribution is -2.09. The first-order valence-corrected chi connectivity index (χ1v) is 6.34. The average molecular weight is 291 g/mol. The Kier molecular flexibility index (Phi) is 3.61. The zero-order valence-electron chi connectivity index (χ0n) is 9.35. The minimum Gasteiger partial charge on any atom is -0.478 e. The molecule has 0 bridgehead atoms. The zero-order chi connectivity index (χ0) is 11.8. The van der Waals surface area contributed by atoms with E-state index in [0.717, 1.165) is 20.6 Å². The zero-order valence-corrected chi connectivity index (χ0v) is 11.8. The summed E-state index contributed by atoms with van der Waals surface area (Å²) in [5.41, 5.74) is 1.50. The Morgan fingerprint density at radius 1 is 1.47 bits per heavy atom. The number of carboxylic acid groups (broad SMARTS) is 1. The molecule has 15 heavy (non-hydrogen) atoms. The van der Waals surface area contributed by atoms with Crippen molar-refractivity contribution >= 4 is 33.2 Å². The van der Waals surface area contributed by atoms with Gasteiger partial charge in [-0.1, -0.05) is 20.8 Å². The van der Waals surface area contributed by atoms with Gasteiger partial charge in [0.15, 0.2) is 0 Å². The Morgan fingerprint density at radius 2 is 2.00 bits per heavy atom. The molecule has 1 N–H and O–H groups in total. The molecule has 0 aliphatic heterocycles. The smallest absolute Gasteiger partial charge is 0.337 e. The summed E-state index contributed by atoms with van der Waals surface area (Å²) in [6, 6.07) is 0. The maximum absolute atomic E-state index is 11.0. The summed E-state index contributed by atoms with van der Waals surface area (Å²) < 4.78 is 0.728. The van der Waals surface area contributed by atoms with Crippen molar-refractivity contribution in [2.75, 3.05) is 0 Å².